The van der Waals surface area contributed by atoms with Crippen LogP contribution in [0.5, 0.6) is 17.2 Å². The van der Waals surface area contributed by atoms with Crippen molar-refractivity contribution in [3.63, 3.8) is 0 Å². The van der Waals surface area contributed by atoms with Gasteiger partial charge in [-0.3, -0.25) is 4.79 Å². The predicted octanol–water partition coefficient (Wildman–Crippen LogP) is 3.12. The molecule has 0 spiro atoms. The second-order valence-corrected chi connectivity index (χ2v) is 7.45. The Hall–Kier alpha value is -3.00. The van der Waals surface area contributed by atoms with Gasteiger partial charge in [0.25, 0.3) is 0 Å². The summed E-state index contributed by atoms with van der Waals surface area (Å²) >= 11 is 0. The molecule has 0 radical (unpaired) electrons. The van der Waals surface area contributed by atoms with Crippen molar-refractivity contribution < 1.29 is 26.5 Å². The summed E-state index contributed by atoms with van der Waals surface area (Å²) in [6.07, 6.45) is 0.943. The molecule has 142 valence electrons. The zero-order valence-corrected chi connectivity index (χ0v) is 16.0. The summed E-state index contributed by atoms with van der Waals surface area (Å²) in [5.74, 6) is 1.50. The highest BCUT2D eigenvalue weighted by Gasteiger charge is 2.17. The molecule has 8 heteroatoms. The maximum atomic E-state index is 13.0. The van der Waals surface area contributed by atoms with Crippen LogP contribution in [0.3, 0.4) is 0 Å². The van der Waals surface area contributed by atoms with E-state index in [2.05, 4.69) is 0 Å². The minimum absolute atomic E-state index is 0.0754. The monoisotopic (exact) mass is 390 g/mol. The Morgan fingerprint density at radius 1 is 0.963 bits per heavy atom. The number of hydrogen-bond acceptors (Lipinski definition) is 7. The average molecular weight is 390 g/mol. The summed E-state index contributed by atoms with van der Waals surface area (Å²) in [5, 5.41) is 0.311. The lowest BCUT2D eigenvalue weighted by molar-refractivity contribution is 0.355. The lowest BCUT2D eigenvalue weighted by Crippen LogP contribution is -2.09. The van der Waals surface area contributed by atoms with E-state index in [1.54, 1.807) is 25.1 Å². The van der Waals surface area contributed by atoms with Crippen LogP contribution in [-0.4, -0.2) is 28.9 Å². The SMILES string of the molecule is COc1ccc(-c2c(C)oc3cc(OS(C)(=O)=O)ccc3c2=O)cc1OC. The molecule has 0 aliphatic rings. The average Bonchev–Trinajstić information content (AvgIpc) is 2.59. The van der Waals surface area contributed by atoms with Gasteiger partial charge in [-0.1, -0.05) is 6.07 Å². The third-order valence-electron chi connectivity index (χ3n) is 3.96. The molecule has 3 rings (SSSR count). The first-order valence-electron chi connectivity index (χ1n) is 7.93. The Morgan fingerprint density at radius 2 is 1.67 bits per heavy atom. The largest absolute Gasteiger partial charge is 0.493 e. The van der Waals surface area contributed by atoms with Crippen molar-refractivity contribution in [2.75, 3.05) is 20.5 Å². The van der Waals surface area contributed by atoms with Crippen molar-refractivity contribution in [2.45, 2.75) is 6.92 Å². The van der Waals surface area contributed by atoms with Crippen LogP contribution in [0.4, 0.5) is 0 Å². The molecule has 0 saturated heterocycles. The van der Waals surface area contributed by atoms with Crippen molar-refractivity contribution in [1.29, 1.82) is 0 Å². The van der Waals surface area contributed by atoms with Gasteiger partial charge in [0.05, 0.1) is 31.4 Å². The molecule has 3 aromatic rings. The van der Waals surface area contributed by atoms with Gasteiger partial charge in [-0.25, -0.2) is 0 Å². The number of methoxy groups -OCH3 is 2. The summed E-state index contributed by atoms with van der Waals surface area (Å²) in [6.45, 7) is 1.66. The van der Waals surface area contributed by atoms with E-state index in [4.69, 9.17) is 18.1 Å². The summed E-state index contributed by atoms with van der Waals surface area (Å²) in [6, 6.07) is 9.42. The molecule has 0 saturated carbocycles. The van der Waals surface area contributed by atoms with Crippen LogP contribution in [0, 0.1) is 6.92 Å². The predicted molar refractivity (Wildman–Crippen MR) is 101 cm³/mol. The first-order valence-corrected chi connectivity index (χ1v) is 9.74. The molecule has 0 atom stereocenters. The number of fused-ring (bicyclic) bond motifs is 1. The molecule has 0 amide bonds. The van der Waals surface area contributed by atoms with Crippen molar-refractivity contribution in [3.8, 4) is 28.4 Å². The quantitative estimate of drug-likeness (QED) is 0.618. The summed E-state index contributed by atoms with van der Waals surface area (Å²) in [4.78, 5) is 13.0. The second kappa shape index (κ2) is 6.96. The van der Waals surface area contributed by atoms with E-state index >= 15 is 0 Å². The molecule has 27 heavy (non-hydrogen) atoms. The Labute approximate surface area is 156 Å². The smallest absolute Gasteiger partial charge is 0.306 e. The maximum Gasteiger partial charge on any atom is 0.306 e. The van der Waals surface area contributed by atoms with Crippen LogP contribution in [0.25, 0.3) is 22.1 Å². The highest BCUT2D eigenvalue weighted by Crippen LogP contribution is 2.33. The van der Waals surface area contributed by atoms with Gasteiger partial charge in [0.2, 0.25) is 5.43 Å². The molecule has 0 aliphatic carbocycles. The topological polar surface area (TPSA) is 92.0 Å². The van der Waals surface area contributed by atoms with Gasteiger partial charge < -0.3 is 18.1 Å². The van der Waals surface area contributed by atoms with Crippen molar-refractivity contribution in [3.05, 3.63) is 52.4 Å². The van der Waals surface area contributed by atoms with Crippen LogP contribution < -0.4 is 19.1 Å². The second-order valence-electron chi connectivity index (χ2n) is 5.88. The Morgan fingerprint density at radius 3 is 2.30 bits per heavy atom. The van der Waals surface area contributed by atoms with E-state index in [1.165, 1.54) is 32.4 Å². The number of ether oxygens (including phenoxy) is 2. The fraction of sp³-hybridized carbons (Fsp3) is 0.211. The molecule has 0 N–H and O–H groups in total. The van der Waals surface area contributed by atoms with Crippen molar-refractivity contribution in [1.82, 2.24) is 0 Å². The van der Waals surface area contributed by atoms with Gasteiger partial charge in [-0.2, -0.15) is 8.42 Å². The fourth-order valence-electron chi connectivity index (χ4n) is 2.84. The van der Waals surface area contributed by atoms with Gasteiger partial charge in [0.15, 0.2) is 11.5 Å². The van der Waals surface area contributed by atoms with Gasteiger partial charge >= 0.3 is 10.1 Å². The molecule has 7 nitrogen and oxygen atoms in total. The minimum Gasteiger partial charge on any atom is -0.493 e. The molecule has 0 aliphatic heterocycles. The fourth-order valence-corrected chi connectivity index (χ4v) is 3.29. The molecule has 0 bridgehead atoms. The zero-order valence-electron chi connectivity index (χ0n) is 15.2. The Bertz CT molecular complexity index is 1180. The van der Waals surface area contributed by atoms with Crippen molar-refractivity contribution in [2.24, 2.45) is 0 Å². The van der Waals surface area contributed by atoms with E-state index in [9.17, 15) is 13.2 Å². The third kappa shape index (κ3) is 3.75. The first-order chi connectivity index (χ1) is 12.7. The molecule has 0 fully saturated rings. The van der Waals surface area contributed by atoms with Gasteiger partial charge in [-0.05, 0) is 36.8 Å². The van der Waals surface area contributed by atoms with E-state index < -0.39 is 10.1 Å². The zero-order chi connectivity index (χ0) is 19.8. The van der Waals surface area contributed by atoms with Gasteiger partial charge in [0, 0.05) is 6.07 Å². The molecule has 2 aromatic carbocycles. The highest BCUT2D eigenvalue weighted by atomic mass is 32.2. The summed E-state index contributed by atoms with van der Waals surface area (Å²) in [5.41, 5.74) is 1.01. The van der Waals surface area contributed by atoms with Crippen LogP contribution in [-0.2, 0) is 10.1 Å². The molecular formula is C19H18O7S. The molecule has 0 unspecified atom stereocenters. The van der Waals surface area contributed by atoms with Gasteiger partial charge in [-0.15, -0.1) is 0 Å². The molecule has 1 heterocycles. The first kappa shape index (κ1) is 18.8. The number of aryl methyl sites for hydroxylation is 1. The number of benzene rings is 2. The van der Waals surface area contributed by atoms with Crippen LogP contribution in [0.2, 0.25) is 0 Å². The lowest BCUT2D eigenvalue weighted by Gasteiger charge is -2.11. The molecular weight excluding hydrogens is 372 g/mol. The van der Waals surface area contributed by atoms with E-state index in [1.807, 2.05) is 0 Å². The summed E-state index contributed by atoms with van der Waals surface area (Å²) in [7, 11) is -0.631. The van der Waals surface area contributed by atoms with E-state index in [0.29, 0.717) is 33.8 Å². The summed E-state index contributed by atoms with van der Waals surface area (Å²) < 4.78 is 43.7. The third-order valence-corrected chi connectivity index (χ3v) is 4.45. The van der Waals surface area contributed by atoms with Crippen LogP contribution >= 0.6 is 0 Å². The van der Waals surface area contributed by atoms with E-state index in [-0.39, 0.29) is 16.8 Å². The van der Waals surface area contributed by atoms with E-state index in [0.717, 1.165) is 6.26 Å². The standard InChI is InChI=1S/C19H18O7S/c1-11-18(12-5-8-15(23-2)17(9-12)24-3)19(20)14-7-6-13(10-16(14)25-11)26-27(4,21)22/h5-10H,1-4H3. The van der Waals surface area contributed by atoms with Crippen molar-refractivity contribution >= 4 is 21.1 Å². The maximum absolute atomic E-state index is 13.0. The van der Waals surface area contributed by atoms with Crippen LogP contribution in [0.1, 0.15) is 5.76 Å². The highest BCUT2D eigenvalue weighted by molar-refractivity contribution is 7.86. The number of rotatable bonds is 5. The van der Waals surface area contributed by atoms with Gasteiger partial charge in [0.1, 0.15) is 17.1 Å². The normalized spacial score (nSPS) is 11.4. The number of hydrogen-bond donors (Lipinski definition) is 0. The lowest BCUT2D eigenvalue weighted by atomic mass is 10.0. The molecule has 1 aromatic heterocycles. The van der Waals surface area contributed by atoms with Crippen LogP contribution in [0.15, 0.2) is 45.6 Å². The minimum atomic E-state index is -3.68. The Balaban J connectivity index is 2.18. The Kier molecular flexibility index (Phi) is 4.84.